The van der Waals surface area contributed by atoms with Gasteiger partial charge in [-0.1, -0.05) is 0 Å². The highest BCUT2D eigenvalue weighted by Crippen LogP contribution is 2.05. The van der Waals surface area contributed by atoms with E-state index in [1.54, 1.807) is 19.9 Å². The first-order valence-electron chi connectivity index (χ1n) is 4.72. The van der Waals surface area contributed by atoms with Crippen LogP contribution in [-0.4, -0.2) is 29.8 Å². The summed E-state index contributed by atoms with van der Waals surface area (Å²) in [5.74, 6) is -0.532. The Morgan fingerprint density at radius 2 is 1.93 bits per heavy atom. The molecule has 1 heterocycles. The number of aromatic nitrogens is 1. The van der Waals surface area contributed by atoms with Crippen LogP contribution in [0.15, 0.2) is 18.3 Å². The zero-order valence-corrected chi connectivity index (χ0v) is 8.73. The lowest BCUT2D eigenvalue weighted by atomic mass is 10.4. The molecule has 15 heavy (non-hydrogen) atoms. The van der Waals surface area contributed by atoms with Crippen molar-refractivity contribution in [2.45, 2.75) is 13.8 Å². The molecule has 0 N–H and O–H groups in total. The Balaban J connectivity index is 2.86. The minimum atomic E-state index is -0.578. The molecule has 0 aliphatic carbocycles. The lowest BCUT2D eigenvalue weighted by Crippen LogP contribution is -2.19. The summed E-state index contributed by atoms with van der Waals surface area (Å²) in [6.07, 6.45) is 0.884. The number of esters is 1. The van der Waals surface area contributed by atoms with Gasteiger partial charge in [-0.05, 0) is 26.0 Å². The molecule has 0 amide bonds. The van der Waals surface area contributed by atoms with E-state index in [1.165, 1.54) is 12.3 Å². The first-order chi connectivity index (χ1) is 7.20. The van der Waals surface area contributed by atoms with Crippen molar-refractivity contribution >= 4 is 12.1 Å². The Morgan fingerprint density at radius 1 is 1.27 bits per heavy atom. The number of carbonyl (C=O) groups excluding carboxylic acids is 2. The molecule has 0 atom stereocenters. The molecule has 1 rings (SSSR count). The van der Waals surface area contributed by atoms with Crippen molar-refractivity contribution in [1.29, 1.82) is 0 Å². The van der Waals surface area contributed by atoms with Crippen LogP contribution in [-0.2, 0) is 9.47 Å². The van der Waals surface area contributed by atoms with Crippen molar-refractivity contribution in [3.63, 3.8) is 0 Å². The molecule has 0 aliphatic rings. The zero-order chi connectivity index (χ0) is 11.3. The largest absolute Gasteiger partial charge is 0.461 e. The summed E-state index contributed by atoms with van der Waals surface area (Å²) in [7, 11) is 0. The standard InChI is InChI=1S/C10H13NO4/c1-3-14-9(12)8-6-5-7-11(8)10(13)15-4-2/h5-7H,3-4H2,1-2H3. The van der Waals surface area contributed by atoms with Crippen molar-refractivity contribution in [3.8, 4) is 0 Å². The van der Waals surface area contributed by atoms with Crippen LogP contribution < -0.4 is 0 Å². The highest BCUT2D eigenvalue weighted by atomic mass is 16.6. The van der Waals surface area contributed by atoms with Crippen molar-refractivity contribution in [2.24, 2.45) is 0 Å². The molecule has 0 saturated heterocycles. The molecule has 5 nitrogen and oxygen atoms in total. The van der Waals surface area contributed by atoms with E-state index in [9.17, 15) is 9.59 Å². The van der Waals surface area contributed by atoms with E-state index in [4.69, 9.17) is 9.47 Å². The molecule has 0 radical (unpaired) electrons. The third kappa shape index (κ3) is 2.59. The van der Waals surface area contributed by atoms with Crippen LogP contribution in [0, 0.1) is 0 Å². The Hall–Kier alpha value is -1.78. The van der Waals surface area contributed by atoms with Crippen LogP contribution in [0.4, 0.5) is 4.79 Å². The second-order valence-electron chi connectivity index (χ2n) is 2.68. The summed E-state index contributed by atoms with van der Waals surface area (Å²) in [4.78, 5) is 22.8. The molecule has 1 aromatic heterocycles. The smallest absolute Gasteiger partial charge is 0.418 e. The molecule has 0 spiro atoms. The molecule has 0 bridgehead atoms. The first kappa shape index (κ1) is 11.3. The van der Waals surface area contributed by atoms with Crippen LogP contribution >= 0.6 is 0 Å². The Bertz CT molecular complexity index is 324. The highest BCUT2D eigenvalue weighted by Gasteiger charge is 2.16. The summed E-state index contributed by atoms with van der Waals surface area (Å²) >= 11 is 0. The van der Waals surface area contributed by atoms with E-state index in [1.807, 2.05) is 0 Å². The van der Waals surface area contributed by atoms with Crippen molar-refractivity contribution in [2.75, 3.05) is 13.2 Å². The molecule has 0 aromatic carbocycles. The molecule has 0 saturated carbocycles. The number of ether oxygens (including phenoxy) is 2. The van der Waals surface area contributed by atoms with Crippen molar-refractivity contribution < 1.29 is 19.1 Å². The van der Waals surface area contributed by atoms with Crippen LogP contribution in [0.1, 0.15) is 24.3 Å². The second-order valence-corrected chi connectivity index (χ2v) is 2.68. The maximum atomic E-state index is 11.4. The third-order valence-electron chi connectivity index (χ3n) is 1.70. The van der Waals surface area contributed by atoms with Gasteiger partial charge in [-0.3, -0.25) is 0 Å². The number of carbonyl (C=O) groups is 2. The molecule has 1 aromatic rings. The van der Waals surface area contributed by atoms with E-state index in [-0.39, 0.29) is 18.9 Å². The van der Waals surface area contributed by atoms with Crippen molar-refractivity contribution in [3.05, 3.63) is 24.0 Å². The molecule has 0 unspecified atom stereocenters. The van der Waals surface area contributed by atoms with Gasteiger partial charge >= 0.3 is 12.1 Å². The van der Waals surface area contributed by atoms with E-state index >= 15 is 0 Å². The summed E-state index contributed by atoms with van der Waals surface area (Å²) in [5.41, 5.74) is 0.176. The topological polar surface area (TPSA) is 57.5 Å². The maximum absolute atomic E-state index is 11.4. The monoisotopic (exact) mass is 211 g/mol. The van der Waals surface area contributed by atoms with Crippen LogP contribution in [0.25, 0.3) is 0 Å². The van der Waals surface area contributed by atoms with E-state index < -0.39 is 12.1 Å². The maximum Gasteiger partial charge on any atom is 0.418 e. The summed E-state index contributed by atoms with van der Waals surface area (Å²) in [6.45, 7) is 3.94. The zero-order valence-electron chi connectivity index (χ0n) is 8.73. The number of rotatable bonds is 3. The fourth-order valence-electron chi connectivity index (χ4n) is 1.10. The average Bonchev–Trinajstić information content (AvgIpc) is 2.66. The van der Waals surface area contributed by atoms with Gasteiger partial charge in [0.25, 0.3) is 0 Å². The van der Waals surface area contributed by atoms with E-state index in [2.05, 4.69) is 0 Å². The van der Waals surface area contributed by atoms with E-state index in [0.29, 0.717) is 0 Å². The van der Waals surface area contributed by atoms with Gasteiger partial charge in [0.05, 0.1) is 13.2 Å². The van der Waals surface area contributed by atoms with Gasteiger partial charge in [0.15, 0.2) is 0 Å². The normalized spacial score (nSPS) is 9.73. The van der Waals surface area contributed by atoms with Crippen LogP contribution in [0.2, 0.25) is 0 Å². The highest BCUT2D eigenvalue weighted by molar-refractivity contribution is 5.91. The Morgan fingerprint density at radius 3 is 2.53 bits per heavy atom. The average molecular weight is 211 g/mol. The lowest BCUT2D eigenvalue weighted by molar-refractivity contribution is 0.0511. The fourth-order valence-corrected chi connectivity index (χ4v) is 1.10. The molecule has 82 valence electrons. The second kappa shape index (κ2) is 5.19. The molecular formula is C10H13NO4. The van der Waals surface area contributed by atoms with Crippen molar-refractivity contribution in [1.82, 2.24) is 4.57 Å². The lowest BCUT2D eigenvalue weighted by Gasteiger charge is -2.06. The first-order valence-corrected chi connectivity index (χ1v) is 4.72. The number of nitrogens with zero attached hydrogens (tertiary/aromatic N) is 1. The fraction of sp³-hybridized carbons (Fsp3) is 0.400. The van der Waals surface area contributed by atoms with Gasteiger partial charge in [-0.25, -0.2) is 14.2 Å². The molecule has 0 aliphatic heterocycles. The van der Waals surface area contributed by atoms with Gasteiger partial charge in [0, 0.05) is 6.20 Å². The Kier molecular flexibility index (Phi) is 3.91. The number of hydrogen-bond donors (Lipinski definition) is 0. The summed E-state index contributed by atoms with van der Waals surface area (Å²) < 4.78 is 10.7. The molecular weight excluding hydrogens is 198 g/mol. The minimum Gasteiger partial charge on any atom is -0.461 e. The van der Waals surface area contributed by atoms with Crippen LogP contribution in [0.3, 0.4) is 0 Å². The predicted molar refractivity (Wildman–Crippen MR) is 52.8 cm³/mol. The molecule has 5 heteroatoms. The molecule has 0 fully saturated rings. The predicted octanol–water partition coefficient (Wildman–Crippen LogP) is 1.67. The quantitative estimate of drug-likeness (QED) is 0.713. The van der Waals surface area contributed by atoms with Gasteiger partial charge in [-0.15, -0.1) is 0 Å². The summed E-state index contributed by atoms with van der Waals surface area (Å²) in [6, 6.07) is 3.10. The minimum absolute atomic E-state index is 0.176. The van der Waals surface area contributed by atoms with Gasteiger partial charge in [0.2, 0.25) is 0 Å². The SMILES string of the molecule is CCOC(=O)c1cccn1C(=O)OCC. The third-order valence-corrected chi connectivity index (χ3v) is 1.70. The van der Waals surface area contributed by atoms with Crippen LogP contribution in [0.5, 0.6) is 0 Å². The van der Waals surface area contributed by atoms with Gasteiger partial charge in [0.1, 0.15) is 5.69 Å². The van der Waals surface area contributed by atoms with Gasteiger partial charge < -0.3 is 9.47 Å². The Labute approximate surface area is 87.6 Å². The number of hydrogen-bond acceptors (Lipinski definition) is 4. The van der Waals surface area contributed by atoms with Gasteiger partial charge in [-0.2, -0.15) is 0 Å². The van der Waals surface area contributed by atoms with E-state index in [0.717, 1.165) is 4.57 Å². The summed E-state index contributed by atoms with van der Waals surface area (Å²) in [5, 5.41) is 0.